The first kappa shape index (κ1) is 27.7. The molecule has 2 heterocycles. The Morgan fingerprint density at radius 1 is 1.05 bits per heavy atom. The van der Waals surface area contributed by atoms with Crippen LogP contribution < -0.4 is 5.32 Å². The van der Waals surface area contributed by atoms with Gasteiger partial charge in [0.05, 0.1) is 42.9 Å². The maximum atomic E-state index is 13.8. The number of rotatable bonds is 7. The van der Waals surface area contributed by atoms with Crippen molar-refractivity contribution in [2.45, 2.75) is 25.8 Å². The van der Waals surface area contributed by atoms with E-state index in [0.29, 0.717) is 50.5 Å². The van der Waals surface area contributed by atoms with E-state index in [1.54, 1.807) is 12.1 Å². The minimum absolute atomic E-state index is 0.215. The number of esters is 1. The molecule has 39 heavy (non-hydrogen) atoms. The molecular weight excluding hydrogens is 551 g/mol. The average Bonchev–Trinajstić information content (AvgIpc) is 3.06. The van der Waals surface area contributed by atoms with Gasteiger partial charge in [-0.15, -0.1) is 0 Å². The summed E-state index contributed by atoms with van der Waals surface area (Å²) in [4.78, 5) is 16.4. The molecule has 3 aromatic rings. The van der Waals surface area contributed by atoms with Crippen molar-refractivity contribution < 1.29 is 13.7 Å². The molecule has 5 nitrogen and oxygen atoms in total. The van der Waals surface area contributed by atoms with Gasteiger partial charge in [0.2, 0.25) is 0 Å². The molecule has 0 radical (unpaired) electrons. The third kappa shape index (κ3) is 5.85. The molecule has 2 unspecified atom stereocenters. The minimum atomic E-state index is -1.37. The summed E-state index contributed by atoms with van der Waals surface area (Å²) in [6.45, 7) is 3.38. The Kier molecular flexibility index (Phi) is 8.57. The Balaban J connectivity index is 1.47. The summed E-state index contributed by atoms with van der Waals surface area (Å²) in [6.07, 6.45) is 0.667. The Morgan fingerprint density at radius 2 is 1.79 bits per heavy atom. The zero-order valence-electron chi connectivity index (χ0n) is 21.9. The van der Waals surface area contributed by atoms with E-state index < -0.39 is 22.7 Å². The van der Waals surface area contributed by atoms with Gasteiger partial charge in [0.1, 0.15) is 6.61 Å². The lowest BCUT2D eigenvalue weighted by Crippen LogP contribution is -2.32. The molecule has 0 spiro atoms. The SMILES string of the molecule is CC1=C(C(=O)OCCN(C)Cc2ccccc2)C(c2cccc(Cl)c2Cl)C2=C(N1)c1ccccc1CCS2=O. The molecule has 0 aliphatic carbocycles. The summed E-state index contributed by atoms with van der Waals surface area (Å²) in [6, 6.07) is 23.5. The van der Waals surface area contributed by atoms with Crippen LogP contribution in [0.25, 0.3) is 5.70 Å². The van der Waals surface area contributed by atoms with Gasteiger partial charge < -0.3 is 10.1 Å². The number of aryl methyl sites for hydroxylation is 1. The van der Waals surface area contributed by atoms with Gasteiger partial charge in [-0.25, -0.2) is 4.79 Å². The van der Waals surface area contributed by atoms with Gasteiger partial charge in [-0.1, -0.05) is 89.9 Å². The maximum absolute atomic E-state index is 13.8. The smallest absolute Gasteiger partial charge is 0.336 e. The Hall–Kier alpha value is -2.90. The second-order valence-corrected chi connectivity index (χ2v) is 12.1. The number of nitrogens with one attached hydrogen (secondary N) is 1. The van der Waals surface area contributed by atoms with E-state index >= 15 is 0 Å². The summed E-state index contributed by atoms with van der Waals surface area (Å²) >= 11 is 13.2. The summed E-state index contributed by atoms with van der Waals surface area (Å²) in [5.41, 5.74) is 5.72. The van der Waals surface area contributed by atoms with E-state index in [1.165, 1.54) is 5.56 Å². The summed E-state index contributed by atoms with van der Waals surface area (Å²) < 4.78 is 19.6. The van der Waals surface area contributed by atoms with Crippen LogP contribution in [0.4, 0.5) is 0 Å². The summed E-state index contributed by atoms with van der Waals surface area (Å²) in [5.74, 6) is -0.679. The molecule has 0 aromatic heterocycles. The number of benzene rings is 3. The molecule has 2 atom stereocenters. The van der Waals surface area contributed by atoms with Crippen LogP contribution in [0.3, 0.4) is 0 Å². The third-order valence-corrected chi connectivity index (χ3v) is 9.46. The van der Waals surface area contributed by atoms with E-state index in [2.05, 4.69) is 28.4 Å². The third-order valence-electron chi connectivity index (χ3n) is 7.12. The zero-order chi connectivity index (χ0) is 27.5. The number of fused-ring (bicyclic) bond motifs is 2. The molecule has 2 aliphatic heterocycles. The van der Waals surface area contributed by atoms with Gasteiger partial charge in [0.15, 0.2) is 0 Å². The van der Waals surface area contributed by atoms with Crippen LogP contribution in [0, 0.1) is 0 Å². The lowest BCUT2D eigenvalue weighted by Gasteiger charge is -2.32. The Bertz CT molecular complexity index is 1490. The van der Waals surface area contributed by atoms with E-state index in [4.69, 9.17) is 27.9 Å². The molecule has 8 heteroatoms. The van der Waals surface area contributed by atoms with Crippen LogP contribution in [0.2, 0.25) is 10.0 Å². The molecule has 0 saturated carbocycles. The Labute approximate surface area is 241 Å². The number of hydrogen-bond donors (Lipinski definition) is 1. The number of likely N-dealkylation sites (N-methyl/N-ethyl adjacent to an activating group) is 1. The van der Waals surface area contributed by atoms with Crippen molar-refractivity contribution in [1.29, 1.82) is 0 Å². The van der Waals surface area contributed by atoms with Crippen LogP contribution in [0.1, 0.15) is 35.1 Å². The summed E-state index contributed by atoms with van der Waals surface area (Å²) in [7, 11) is 0.623. The minimum Gasteiger partial charge on any atom is -0.461 e. The van der Waals surface area contributed by atoms with Crippen LogP contribution in [-0.2, 0) is 33.3 Å². The lowest BCUT2D eigenvalue weighted by molar-refractivity contribution is -0.139. The molecule has 5 rings (SSSR count). The van der Waals surface area contributed by atoms with Crippen LogP contribution in [0.5, 0.6) is 0 Å². The molecule has 202 valence electrons. The molecule has 0 fully saturated rings. The van der Waals surface area contributed by atoms with Crippen molar-refractivity contribution in [2.75, 3.05) is 26.0 Å². The highest BCUT2D eigenvalue weighted by atomic mass is 35.5. The highest BCUT2D eigenvalue weighted by Gasteiger charge is 2.40. The summed E-state index contributed by atoms with van der Waals surface area (Å²) in [5, 5.41) is 4.14. The number of ether oxygens (including phenoxy) is 1. The number of halogens is 2. The maximum Gasteiger partial charge on any atom is 0.336 e. The molecular formula is C31H30Cl2N2O3S. The number of nitrogens with zero attached hydrogens (tertiary/aromatic N) is 1. The number of dihydropyridines is 1. The van der Waals surface area contributed by atoms with Gasteiger partial charge in [-0.05, 0) is 43.1 Å². The molecule has 0 amide bonds. The standard InChI is InChI=1S/C31H30Cl2N2O3S/c1-20-26(31(36)38-17-16-35(2)19-21-9-4-3-5-10-21)27(24-13-8-14-25(32)28(24)33)30-29(34-20)23-12-7-6-11-22(23)15-18-39(30)37/h3-14,27,34H,15-19H2,1-2H3. The number of carbonyl (C=O) groups is 1. The Morgan fingerprint density at radius 3 is 2.59 bits per heavy atom. The number of hydrogen-bond acceptors (Lipinski definition) is 5. The van der Waals surface area contributed by atoms with Crippen LogP contribution >= 0.6 is 23.2 Å². The van der Waals surface area contributed by atoms with Crippen molar-refractivity contribution in [3.8, 4) is 0 Å². The molecule has 0 bridgehead atoms. The highest BCUT2D eigenvalue weighted by Crippen LogP contribution is 2.47. The fourth-order valence-electron chi connectivity index (χ4n) is 5.21. The van der Waals surface area contributed by atoms with E-state index in [0.717, 1.165) is 23.4 Å². The van der Waals surface area contributed by atoms with Crippen molar-refractivity contribution in [3.05, 3.63) is 121 Å². The van der Waals surface area contributed by atoms with Gasteiger partial charge >= 0.3 is 5.97 Å². The number of allylic oxidation sites excluding steroid dienone is 2. The van der Waals surface area contributed by atoms with E-state index in [1.807, 2.05) is 56.4 Å². The highest BCUT2D eigenvalue weighted by molar-refractivity contribution is 7.89. The quantitative estimate of drug-likeness (QED) is 0.332. The fraction of sp³-hybridized carbons (Fsp3) is 0.258. The van der Waals surface area contributed by atoms with E-state index in [-0.39, 0.29) is 6.61 Å². The number of carbonyl (C=O) groups excluding carboxylic acids is 1. The van der Waals surface area contributed by atoms with E-state index in [9.17, 15) is 9.00 Å². The first-order valence-electron chi connectivity index (χ1n) is 12.9. The zero-order valence-corrected chi connectivity index (χ0v) is 24.2. The molecule has 3 aromatic carbocycles. The second kappa shape index (κ2) is 12.1. The van der Waals surface area contributed by atoms with Crippen molar-refractivity contribution in [1.82, 2.24) is 10.2 Å². The largest absolute Gasteiger partial charge is 0.461 e. The van der Waals surface area contributed by atoms with Crippen LogP contribution in [0.15, 0.2) is 89.0 Å². The normalized spacial score (nSPS) is 18.8. The molecule has 1 N–H and O–H groups in total. The molecule has 0 saturated heterocycles. The van der Waals surface area contributed by atoms with Crippen molar-refractivity contribution >= 4 is 45.7 Å². The fourth-order valence-corrected chi connectivity index (χ4v) is 7.14. The molecule has 2 aliphatic rings. The monoisotopic (exact) mass is 580 g/mol. The van der Waals surface area contributed by atoms with Gasteiger partial charge in [-0.3, -0.25) is 9.11 Å². The van der Waals surface area contributed by atoms with Crippen molar-refractivity contribution in [2.24, 2.45) is 0 Å². The average molecular weight is 582 g/mol. The predicted octanol–water partition coefficient (Wildman–Crippen LogP) is 6.30. The van der Waals surface area contributed by atoms with Gasteiger partial charge in [0.25, 0.3) is 0 Å². The van der Waals surface area contributed by atoms with Gasteiger partial charge in [-0.2, -0.15) is 0 Å². The first-order valence-corrected chi connectivity index (χ1v) is 14.9. The van der Waals surface area contributed by atoms with Crippen molar-refractivity contribution in [3.63, 3.8) is 0 Å². The predicted molar refractivity (Wildman–Crippen MR) is 159 cm³/mol. The second-order valence-electron chi connectivity index (χ2n) is 9.80. The van der Waals surface area contributed by atoms with Crippen LogP contribution in [-0.4, -0.2) is 41.0 Å². The first-order chi connectivity index (χ1) is 18.8. The van der Waals surface area contributed by atoms with Gasteiger partial charge in [0, 0.05) is 30.1 Å². The topological polar surface area (TPSA) is 58.6 Å². The lowest BCUT2D eigenvalue weighted by atomic mass is 9.84.